The molecule has 2 aromatic rings. The Morgan fingerprint density at radius 2 is 2.00 bits per heavy atom. The van der Waals surface area contributed by atoms with E-state index in [1.54, 1.807) is 0 Å². The maximum absolute atomic E-state index is 13.9. The average Bonchev–Trinajstić information content (AvgIpc) is 2.41. The molecule has 0 unspecified atom stereocenters. The van der Waals surface area contributed by atoms with E-state index >= 15 is 0 Å². The fourth-order valence-electron chi connectivity index (χ4n) is 1.64. The second-order valence-corrected chi connectivity index (χ2v) is 4.24. The number of carboxylic acid groups (broad SMARTS) is 1. The summed E-state index contributed by atoms with van der Waals surface area (Å²) >= 11 is 0. The molecular formula is C14H12FN3O4. The van der Waals surface area contributed by atoms with Gasteiger partial charge in [-0.3, -0.25) is 10.1 Å². The van der Waals surface area contributed by atoms with Gasteiger partial charge in [-0.2, -0.15) is 0 Å². The highest BCUT2D eigenvalue weighted by atomic mass is 19.1. The van der Waals surface area contributed by atoms with Crippen LogP contribution in [-0.4, -0.2) is 22.1 Å². The number of nitrogens with zero attached hydrogens (tertiary/aromatic N) is 1. The summed E-state index contributed by atoms with van der Waals surface area (Å²) < 4.78 is 19.2. The van der Waals surface area contributed by atoms with Crippen molar-refractivity contribution < 1.29 is 23.8 Å². The van der Waals surface area contributed by atoms with Crippen molar-refractivity contribution in [1.29, 1.82) is 0 Å². The van der Waals surface area contributed by atoms with Crippen LogP contribution < -0.4 is 15.4 Å². The van der Waals surface area contributed by atoms with Gasteiger partial charge >= 0.3 is 6.09 Å². The third kappa shape index (κ3) is 4.17. The monoisotopic (exact) mass is 305 g/mol. The number of carbonyl (C=O) groups excluding carboxylic acids is 1. The fraction of sp³-hybridized carbons (Fsp3) is 0.0714. The van der Waals surface area contributed by atoms with Crippen LogP contribution in [0.15, 0.2) is 36.5 Å². The first-order valence-corrected chi connectivity index (χ1v) is 6.15. The number of rotatable bonds is 4. The van der Waals surface area contributed by atoms with Crippen molar-refractivity contribution in [2.45, 2.75) is 6.92 Å². The van der Waals surface area contributed by atoms with Gasteiger partial charge in [0.05, 0.1) is 0 Å². The number of ether oxygens (including phenoxy) is 1. The summed E-state index contributed by atoms with van der Waals surface area (Å²) in [6.07, 6.45) is 0.112. The Hall–Kier alpha value is -3.16. The lowest BCUT2D eigenvalue weighted by molar-refractivity contribution is -0.114. The number of pyridine rings is 1. The fourth-order valence-corrected chi connectivity index (χ4v) is 1.64. The molecule has 0 aliphatic carbocycles. The molecule has 0 radical (unpaired) electrons. The molecule has 0 bridgehead atoms. The van der Waals surface area contributed by atoms with Gasteiger partial charge in [0.15, 0.2) is 11.6 Å². The smallest absolute Gasteiger partial charge is 0.409 e. The van der Waals surface area contributed by atoms with Gasteiger partial charge in [0.1, 0.15) is 11.6 Å². The predicted molar refractivity (Wildman–Crippen MR) is 76.7 cm³/mol. The SMILES string of the molecule is CC(=O)Nc1cc(Oc2ccc(NC(=O)O)cc2F)ccn1. The van der Waals surface area contributed by atoms with E-state index in [-0.39, 0.29) is 28.9 Å². The van der Waals surface area contributed by atoms with Gasteiger partial charge in [0.25, 0.3) is 0 Å². The van der Waals surface area contributed by atoms with Crippen LogP contribution in [0.25, 0.3) is 0 Å². The first-order valence-electron chi connectivity index (χ1n) is 6.15. The van der Waals surface area contributed by atoms with Crippen molar-refractivity contribution in [2.75, 3.05) is 10.6 Å². The maximum Gasteiger partial charge on any atom is 0.409 e. The molecule has 1 aromatic heterocycles. The highest BCUT2D eigenvalue weighted by Crippen LogP contribution is 2.27. The summed E-state index contributed by atoms with van der Waals surface area (Å²) in [6, 6.07) is 6.58. The number of amides is 2. The van der Waals surface area contributed by atoms with Crippen LogP contribution in [0.5, 0.6) is 11.5 Å². The van der Waals surface area contributed by atoms with Crippen molar-refractivity contribution in [3.63, 3.8) is 0 Å². The summed E-state index contributed by atoms with van der Waals surface area (Å²) in [7, 11) is 0. The normalized spacial score (nSPS) is 9.91. The highest BCUT2D eigenvalue weighted by Gasteiger charge is 2.08. The molecule has 0 atom stereocenters. The highest BCUT2D eigenvalue weighted by molar-refractivity contribution is 5.87. The molecule has 0 saturated carbocycles. The van der Waals surface area contributed by atoms with Crippen LogP contribution in [-0.2, 0) is 4.79 Å². The summed E-state index contributed by atoms with van der Waals surface area (Å²) in [5.41, 5.74) is 0.0889. The third-order valence-corrected chi connectivity index (χ3v) is 2.45. The minimum absolute atomic E-state index is 0.0871. The molecule has 0 spiro atoms. The third-order valence-electron chi connectivity index (χ3n) is 2.45. The zero-order valence-electron chi connectivity index (χ0n) is 11.5. The molecule has 2 rings (SSSR count). The first-order chi connectivity index (χ1) is 10.4. The molecule has 0 saturated heterocycles. The predicted octanol–water partition coefficient (Wildman–Crippen LogP) is 3.06. The molecule has 8 heteroatoms. The maximum atomic E-state index is 13.9. The van der Waals surface area contributed by atoms with E-state index in [4.69, 9.17) is 9.84 Å². The minimum atomic E-state index is -1.29. The minimum Gasteiger partial charge on any atom is -0.465 e. The van der Waals surface area contributed by atoms with E-state index in [0.717, 1.165) is 6.07 Å². The van der Waals surface area contributed by atoms with Crippen molar-refractivity contribution in [3.05, 3.63) is 42.3 Å². The molecule has 1 heterocycles. The number of halogens is 1. The Kier molecular flexibility index (Phi) is 4.52. The van der Waals surface area contributed by atoms with Crippen molar-refractivity contribution in [2.24, 2.45) is 0 Å². The summed E-state index contributed by atoms with van der Waals surface area (Å²) in [4.78, 5) is 25.3. The number of anilines is 2. The Balaban J connectivity index is 2.16. The van der Waals surface area contributed by atoms with Crippen LogP contribution in [0.3, 0.4) is 0 Å². The lowest BCUT2D eigenvalue weighted by atomic mass is 10.3. The molecule has 22 heavy (non-hydrogen) atoms. The van der Waals surface area contributed by atoms with Crippen LogP contribution in [0.1, 0.15) is 6.92 Å². The van der Waals surface area contributed by atoms with Gasteiger partial charge in [-0.25, -0.2) is 14.2 Å². The number of nitrogens with one attached hydrogen (secondary N) is 2. The van der Waals surface area contributed by atoms with Crippen molar-refractivity contribution >= 4 is 23.5 Å². The lowest BCUT2D eigenvalue weighted by Gasteiger charge is -2.09. The number of aromatic nitrogens is 1. The summed E-state index contributed by atoms with van der Waals surface area (Å²) in [5.74, 6) is -0.564. The molecular weight excluding hydrogens is 293 g/mol. The molecule has 0 aliphatic rings. The summed E-state index contributed by atoms with van der Waals surface area (Å²) in [6.45, 7) is 1.34. The topological polar surface area (TPSA) is 101 Å². The van der Waals surface area contributed by atoms with Crippen LogP contribution >= 0.6 is 0 Å². The van der Waals surface area contributed by atoms with Crippen molar-refractivity contribution in [1.82, 2.24) is 4.98 Å². The summed E-state index contributed by atoms with van der Waals surface area (Å²) in [5, 5.41) is 13.1. The van der Waals surface area contributed by atoms with Gasteiger partial charge in [0, 0.05) is 30.9 Å². The second-order valence-electron chi connectivity index (χ2n) is 4.24. The lowest BCUT2D eigenvalue weighted by Crippen LogP contribution is -2.07. The van der Waals surface area contributed by atoms with E-state index in [1.165, 1.54) is 37.4 Å². The Bertz CT molecular complexity index is 721. The number of carbonyl (C=O) groups is 2. The zero-order valence-corrected chi connectivity index (χ0v) is 11.5. The molecule has 3 N–H and O–H groups in total. The average molecular weight is 305 g/mol. The van der Waals surface area contributed by atoms with E-state index in [9.17, 15) is 14.0 Å². The molecule has 0 aliphatic heterocycles. The zero-order chi connectivity index (χ0) is 16.1. The standard InChI is InChI=1S/C14H12FN3O4/c1-8(19)17-13-7-10(4-5-16-13)22-12-3-2-9(6-11(12)15)18-14(20)21/h2-7,18H,1H3,(H,20,21)(H,16,17,19). The Labute approximate surface area is 124 Å². The van der Waals surface area contributed by atoms with Gasteiger partial charge in [-0.1, -0.05) is 0 Å². The Morgan fingerprint density at radius 3 is 2.64 bits per heavy atom. The number of benzene rings is 1. The second kappa shape index (κ2) is 6.53. The quantitative estimate of drug-likeness (QED) is 0.806. The molecule has 114 valence electrons. The molecule has 7 nitrogen and oxygen atoms in total. The van der Waals surface area contributed by atoms with Gasteiger partial charge < -0.3 is 15.2 Å². The molecule has 2 amide bonds. The first kappa shape index (κ1) is 15.2. The van der Waals surface area contributed by atoms with Gasteiger partial charge in [0.2, 0.25) is 5.91 Å². The number of hydrogen-bond donors (Lipinski definition) is 3. The van der Waals surface area contributed by atoms with Crippen LogP contribution in [0, 0.1) is 5.82 Å². The Morgan fingerprint density at radius 1 is 1.23 bits per heavy atom. The van der Waals surface area contributed by atoms with E-state index in [2.05, 4.69) is 10.3 Å². The van der Waals surface area contributed by atoms with Gasteiger partial charge in [-0.15, -0.1) is 0 Å². The van der Waals surface area contributed by atoms with E-state index < -0.39 is 11.9 Å². The molecule has 1 aromatic carbocycles. The van der Waals surface area contributed by atoms with Crippen LogP contribution in [0.4, 0.5) is 20.7 Å². The number of hydrogen-bond acceptors (Lipinski definition) is 4. The van der Waals surface area contributed by atoms with E-state index in [0.29, 0.717) is 0 Å². The van der Waals surface area contributed by atoms with E-state index in [1.807, 2.05) is 5.32 Å². The van der Waals surface area contributed by atoms with Crippen LogP contribution in [0.2, 0.25) is 0 Å². The van der Waals surface area contributed by atoms with Crippen molar-refractivity contribution in [3.8, 4) is 11.5 Å². The largest absolute Gasteiger partial charge is 0.465 e. The van der Waals surface area contributed by atoms with Gasteiger partial charge in [-0.05, 0) is 18.2 Å². The molecule has 0 fully saturated rings.